The number of rotatable bonds is 4. The van der Waals surface area contributed by atoms with Crippen LogP contribution in [-0.4, -0.2) is 17.1 Å². The summed E-state index contributed by atoms with van der Waals surface area (Å²) in [6.45, 7) is 1.57. The van der Waals surface area contributed by atoms with Crippen LogP contribution >= 0.6 is 0 Å². The molecule has 1 amide bonds. The molecule has 2 aromatic carbocycles. The molecule has 6 nitrogen and oxygen atoms in total. The lowest BCUT2D eigenvalue weighted by Crippen LogP contribution is -2.14. The van der Waals surface area contributed by atoms with Crippen LogP contribution in [0.3, 0.4) is 0 Å². The van der Waals surface area contributed by atoms with E-state index < -0.39 is 10.8 Å². The van der Waals surface area contributed by atoms with Gasteiger partial charge in [-0.15, -0.1) is 0 Å². The maximum Gasteiger partial charge on any atom is 0.285 e. The summed E-state index contributed by atoms with van der Waals surface area (Å²) in [5.74, 6) is -0.589. The Labute approximate surface area is 120 Å². The number of hydrogen-bond acceptors (Lipinski definition) is 4. The van der Waals surface area contributed by atoms with E-state index in [0.29, 0.717) is 23.1 Å². The number of nitrogens with zero attached hydrogens (tertiary/aromatic N) is 1. The minimum atomic E-state index is -0.589. The van der Waals surface area contributed by atoms with Gasteiger partial charge < -0.3 is 5.32 Å². The highest BCUT2D eigenvalue weighted by Gasteiger charge is 2.22. The molecule has 0 saturated heterocycles. The van der Waals surface area contributed by atoms with Gasteiger partial charge in [-0.1, -0.05) is 24.3 Å². The van der Waals surface area contributed by atoms with Crippen LogP contribution in [0.15, 0.2) is 42.5 Å². The fourth-order valence-electron chi connectivity index (χ4n) is 1.97. The number of amides is 1. The molecule has 0 fully saturated rings. The Morgan fingerprint density at radius 1 is 1.24 bits per heavy atom. The number of carbonyl (C=O) groups is 2. The van der Waals surface area contributed by atoms with Crippen molar-refractivity contribution in [2.45, 2.75) is 6.92 Å². The van der Waals surface area contributed by atoms with Crippen LogP contribution in [0.25, 0.3) is 0 Å². The van der Waals surface area contributed by atoms with Gasteiger partial charge in [0.1, 0.15) is 11.8 Å². The summed E-state index contributed by atoms with van der Waals surface area (Å²) in [7, 11) is 0. The molecule has 0 aliphatic carbocycles. The Bertz CT molecular complexity index is 725. The normalized spacial score (nSPS) is 9.95. The number of anilines is 1. The molecule has 0 atom stereocenters. The molecular formula is C15H12N2O4. The first-order chi connectivity index (χ1) is 10.0. The van der Waals surface area contributed by atoms with Crippen LogP contribution in [0, 0.1) is 17.0 Å². The third-order valence-corrected chi connectivity index (χ3v) is 2.95. The quantitative estimate of drug-likeness (QED) is 0.531. The highest BCUT2D eigenvalue weighted by atomic mass is 16.6. The van der Waals surface area contributed by atoms with E-state index in [9.17, 15) is 19.7 Å². The predicted octanol–water partition coefficient (Wildman–Crippen LogP) is 2.97. The van der Waals surface area contributed by atoms with Gasteiger partial charge in [0.15, 0.2) is 0 Å². The molecule has 21 heavy (non-hydrogen) atoms. The monoisotopic (exact) mass is 284 g/mol. The molecule has 0 unspecified atom stereocenters. The topological polar surface area (TPSA) is 89.3 Å². The van der Waals surface area contributed by atoms with Crippen LogP contribution in [0.5, 0.6) is 0 Å². The third-order valence-electron chi connectivity index (χ3n) is 2.95. The van der Waals surface area contributed by atoms with E-state index in [4.69, 9.17) is 0 Å². The largest absolute Gasteiger partial charge is 0.322 e. The van der Waals surface area contributed by atoms with Gasteiger partial charge in [0, 0.05) is 16.8 Å². The van der Waals surface area contributed by atoms with Crippen molar-refractivity contribution in [1.82, 2.24) is 0 Å². The maximum atomic E-state index is 12.2. The van der Waals surface area contributed by atoms with Crippen molar-refractivity contribution < 1.29 is 14.5 Å². The van der Waals surface area contributed by atoms with E-state index in [0.717, 1.165) is 0 Å². The number of carbonyl (C=O) groups excluding carboxylic acids is 2. The Kier molecular flexibility index (Phi) is 4.08. The number of aldehydes is 1. The summed E-state index contributed by atoms with van der Waals surface area (Å²) >= 11 is 0. The first-order valence-electron chi connectivity index (χ1n) is 6.13. The predicted molar refractivity (Wildman–Crippen MR) is 77.6 cm³/mol. The van der Waals surface area contributed by atoms with Crippen molar-refractivity contribution in [2.75, 3.05) is 5.32 Å². The number of para-hydroxylation sites is 1. The lowest BCUT2D eigenvalue weighted by atomic mass is 10.1. The summed E-state index contributed by atoms with van der Waals surface area (Å²) in [6.07, 6.45) is 0.658. The zero-order chi connectivity index (χ0) is 15.4. The fraction of sp³-hybridized carbons (Fsp3) is 0.0667. The number of hydrogen-bond donors (Lipinski definition) is 1. The summed E-state index contributed by atoms with van der Waals surface area (Å²) in [4.78, 5) is 33.4. The minimum Gasteiger partial charge on any atom is -0.322 e. The van der Waals surface area contributed by atoms with Crippen molar-refractivity contribution in [3.05, 3.63) is 69.3 Å². The summed E-state index contributed by atoms with van der Waals surface area (Å²) in [6, 6.07) is 10.9. The Morgan fingerprint density at radius 2 is 1.95 bits per heavy atom. The standard InChI is InChI=1S/C15H12N2O4/c1-10-4-2-7-13(14(10)17(20)21)15(19)16-12-6-3-5-11(8-12)9-18/h2-9H,1H3,(H,16,19). The number of benzene rings is 2. The first kappa shape index (κ1) is 14.4. The summed E-state index contributed by atoms with van der Waals surface area (Å²) in [5, 5.41) is 13.6. The molecule has 2 rings (SSSR count). The Balaban J connectivity index is 2.34. The summed E-state index contributed by atoms with van der Waals surface area (Å²) in [5.41, 5.74) is 0.985. The molecule has 0 aromatic heterocycles. The van der Waals surface area contributed by atoms with E-state index in [-0.39, 0.29) is 11.3 Å². The first-order valence-corrected chi connectivity index (χ1v) is 6.13. The van der Waals surface area contributed by atoms with E-state index in [1.165, 1.54) is 12.1 Å². The van der Waals surface area contributed by atoms with Gasteiger partial charge in [-0.2, -0.15) is 0 Å². The van der Waals surface area contributed by atoms with E-state index >= 15 is 0 Å². The molecule has 2 aromatic rings. The van der Waals surface area contributed by atoms with Crippen molar-refractivity contribution >= 4 is 23.6 Å². The molecule has 0 radical (unpaired) electrons. The molecule has 0 heterocycles. The Hall–Kier alpha value is -3.02. The number of aryl methyl sites for hydroxylation is 1. The second kappa shape index (κ2) is 5.96. The molecule has 0 aliphatic rings. The third kappa shape index (κ3) is 3.11. The van der Waals surface area contributed by atoms with Gasteiger partial charge in [-0.25, -0.2) is 0 Å². The Morgan fingerprint density at radius 3 is 2.62 bits per heavy atom. The van der Waals surface area contributed by atoms with Gasteiger partial charge in [-0.05, 0) is 25.1 Å². The van der Waals surface area contributed by atoms with Gasteiger partial charge in [0.2, 0.25) is 0 Å². The number of nitro benzene ring substituents is 1. The highest BCUT2D eigenvalue weighted by Crippen LogP contribution is 2.24. The zero-order valence-corrected chi connectivity index (χ0v) is 11.2. The van der Waals surface area contributed by atoms with Crippen LogP contribution in [0.4, 0.5) is 11.4 Å². The van der Waals surface area contributed by atoms with Gasteiger partial charge >= 0.3 is 0 Å². The smallest absolute Gasteiger partial charge is 0.285 e. The van der Waals surface area contributed by atoms with Crippen LogP contribution in [0.1, 0.15) is 26.3 Å². The maximum absolute atomic E-state index is 12.2. The molecule has 0 saturated carbocycles. The minimum absolute atomic E-state index is 0.0171. The number of nitro groups is 1. The molecule has 106 valence electrons. The van der Waals surface area contributed by atoms with E-state index in [2.05, 4.69) is 5.32 Å². The average Bonchev–Trinajstić information content (AvgIpc) is 2.46. The van der Waals surface area contributed by atoms with Crippen LogP contribution in [-0.2, 0) is 0 Å². The second-order valence-electron chi connectivity index (χ2n) is 4.43. The second-order valence-corrected chi connectivity index (χ2v) is 4.43. The lowest BCUT2D eigenvalue weighted by molar-refractivity contribution is -0.385. The van der Waals surface area contributed by atoms with Crippen LogP contribution < -0.4 is 5.32 Å². The van der Waals surface area contributed by atoms with Gasteiger partial charge in [0.25, 0.3) is 11.6 Å². The molecule has 1 N–H and O–H groups in total. The molecular weight excluding hydrogens is 272 g/mol. The summed E-state index contributed by atoms with van der Waals surface area (Å²) < 4.78 is 0. The average molecular weight is 284 g/mol. The molecule has 0 spiro atoms. The van der Waals surface area contributed by atoms with Gasteiger partial charge in [-0.3, -0.25) is 19.7 Å². The van der Waals surface area contributed by atoms with Crippen molar-refractivity contribution in [3.63, 3.8) is 0 Å². The molecule has 6 heteroatoms. The van der Waals surface area contributed by atoms with E-state index in [1.807, 2.05) is 0 Å². The highest BCUT2D eigenvalue weighted by molar-refractivity contribution is 6.07. The van der Waals surface area contributed by atoms with Crippen molar-refractivity contribution in [2.24, 2.45) is 0 Å². The van der Waals surface area contributed by atoms with Gasteiger partial charge in [0.05, 0.1) is 4.92 Å². The zero-order valence-electron chi connectivity index (χ0n) is 11.2. The van der Waals surface area contributed by atoms with Crippen molar-refractivity contribution in [1.29, 1.82) is 0 Å². The van der Waals surface area contributed by atoms with Crippen LogP contribution in [0.2, 0.25) is 0 Å². The molecule has 0 bridgehead atoms. The fourth-order valence-corrected chi connectivity index (χ4v) is 1.97. The number of nitrogens with one attached hydrogen (secondary N) is 1. The van der Waals surface area contributed by atoms with E-state index in [1.54, 1.807) is 37.3 Å². The van der Waals surface area contributed by atoms with Crippen molar-refractivity contribution in [3.8, 4) is 0 Å². The SMILES string of the molecule is Cc1cccc(C(=O)Nc2cccc(C=O)c2)c1[N+](=O)[O-]. The molecule has 0 aliphatic heterocycles. The lowest BCUT2D eigenvalue weighted by Gasteiger charge is -2.07.